The summed E-state index contributed by atoms with van der Waals surface area (Å²) in [6.07, 6.45) is 0.643. The van der Waals surface area contributed by atoms with Crippen LogP contribution in [0.15, 0.2) is 24.3 Å². The quantitative estimate of drug-likeness (QED) is 0.899. The van der Waals surface area contributed by atoms with Crippen LogP contribution < -0.4 is 10.5 Å². The molecule has 1 aromatic rings. The molecule has 0 saturated carbocycles. The molecule has 4 nitrogen and oxygen atoms in total. The summed E-state index contributed by atoms with van der Waals surface area (Å²) in [6.45, 7) is 2.50. The fourth-order valence-electron chi connectivity index (χ4n) is 2.40. The van der Waals surface area contributed by atoms with Gasteiger partial charge in [-0.25, -0.2) is 8.42 Å². The zero-order chi connectivity index (χ0) is 13.2. The highest BCUT2D eigenvalue weighted by Crippen LogP contribution is 2.34. The second kappa shape index (κ2) is 5.28. The fraction of sp³-hybridized carbons (Fsp3) is 0.538. The van der Waals surface area contributed by atoms with Gasteiger partial charge in [0.15, 0.2) is 9.84 Å². The van der Waals surface area contributed by atoms with Crippen LogP contribution in [0.1, 0.15) is 24.9 Å². The van der Waals surface area contributed by atoms with Crippen LogP contribution in [0.2, 0.25) is 0 Å². The molecular weight excluding hydrogens is 250 g/mol. The zero-order valence-corrected chi connectivity index (χ0v) is 11.3. The maximum atomic E-state index is 11.5. The van der Waals surface area contributed by atoms with Crippen LogP contribution in [0.5, 0.6) is 5.75 Å². The first-order valence-corrected chi connectivity index (χ1v) is 8.03. The smallest absolute Gasteiger partial charge is 0.150 e. The van der Waals surface area contributed by atoms with Gasteiger partial charge in [0.05, 0.1) is 18.1 Å². The lowest BCUT2D eigenvalue weighted by molar-refractivity contribution is 0.329. The topological polar surface area (TPSA) is 69.4 Å². The maximum Gasteiger partial charge on any atom is 0.150 e. The zero-order valence-electron chi connectivity index (χ0n) is 10.5. The molecule has 1 heterocycles. The first-order valence-electron chi connectivity index (χ1n) is 6.21. The highest BCUT2D eigenvalue weighted by molar-refractivity contribution is 7.91. The van der Waals surface area contributed by atoms with E-state index in [2.05, 4.69) is 0 Å². The van der Waals surface area contributed by atoms with Crippen molar-refractivity contribution in [2.75, 3.05) is 18.1 Å². The van der Waals surface area contributed by atoms with Crippen LogP contribution in [-0.4, -0.2) is 26.5 Å². The molecule has 18 heavy (non-hydrogen) atoms. The van der Waals surface area contributed by atoms with E-state index >= 15 is 0 Å². The Morgan fingerprint density at radius 3 is 2.78 bits per heavy atom. The van der Waals surface area contributed by atoms with Gasteiger partial charge in [-0.05, 0) is 25.3 Å². The van der Waals surface area contributed by atoms with Gasteiger partial charge in [-0.1, -0.05) is 18.2 Å². The number of sulfone groups is 1. The number of rotatable bonds is 4. The second-order valence-electron chi connectivity index (χ2n) is 4.66. The highest BCUT2D eigenvalue weighted by atomic mass is 32.2. The minimum Gasteiger partial charge on any atom is -0.494 e. The van der Waals surface area contributed by atoms with E-state index in [1.54, 1.807) is 0 Å². The monoisotopic (exact) mass is 269 g/mol. The molecule has 1 aliphatic heterocycles. The molecule has 1 aliphatic rings. The normalized spacial score (nSPS) is 23.8. The average Bonchev–Trinajstić information content (AvgIpc) is 2.70. The molecule has 1 saturated heterocycles. The number of hydrogen-bond donors (Lipinski definition) is 1. The summed E-state index contributed by atoms with van der Waals surface area (Å²) in [6, 6.07) is 7.32. The minimum absolute atomic E-state index is 0.00314. The van der Waals surface area contributed by atoms with Crippen molar-refractivity contribution in [3.63, 3.8) is 0 Å². The molecular formula is C13H19NO3S. The van der Waals surface area contributed by atoms with E-state index in [-0.39, 0.29) is 23.5 Å². The van der Waals surface area contributed by atoms with Gasteiger partial charge in [-0.3, -0.25) is 0 Å². The molecule has 2 unspecified atom stereocenters. The van der Waals surface area contributed by atoms with Crippen molar-refractivity contribution in [2.45, 2.75) is 19.4 Å². The third-order valence-electron chi connectivity index (χ3n) is 3.35. The van der Waals surface area contributed by atoms with E-state index < -0.39 is 9.84 Å². The summed E-state index contributed by atoms with van der Waals surface area (Å²) >= 11 is 0. The lowest BCUT2D eigenvalue weighted by atomic mass is 9.93. The Labute approximate surface area is 108 Å². The first-order chi connectivity index (χ1) is 8.53. The molecule has 2 atom stereocenters. The van der Waals surface area contributed by atoms with Gasteiger partial charge in [0.25, 0.3) is 0 Å². The van der Waals surface area contributed by atoms with E-state index in [1.165, 1.54) is 0 Å². The SMILES string of the molecule is CCOc1ccccc1C(N)C1CCS(=O)(=O)C1. The molecule has 100 valence electrons. The van der Waals surface area contributed by atoms with Crippen molar-refractivity contribution < 1.29 is 13.2 Å². The lowest BCUT2D eigenvalue weighted by Crippen LogP contribution is -2.23. The summed E-state index contributed by atoms with van der Waals surface area (Å²) in [4.78, 5) is 0. The van der Waals surface area contributed by atoms with Crippen molar-refractivity contribution in [1.82, 2.24) is 0 Å². The number of para-hydroxylation sites is 1. The van der Waals surface area contributed by atoms with Crippen LogP contribution in [0.25, 0.3) is 0 Å². The first kappa shape index (κ1) is 13.4. The molecule has 1 aromatic carbocycles. The van der Waals surface area contributed by atoms with Gasteiger partial charge in [0, 0.05) is 11.6 Å². The van der Waals surface area contributed by atoms with Crippen molar-refractivity contribution in [3.8, 4) is 5.75 Å². The summed E-state index contributed by atoms with van der Waals surface area (Å²) in [5.74, 6) is 1.20. The molecule has 2 rings (SSSR count). The van der Waals surface area contributed by atoms with Crippen LogP contribution in [-0.2, 0) is 9.84 Å². The largest absolute Gasteiger partial charge is 0.494 e. The Hall–Kier alpha value is -1.07. The van der Waals surface area contributed by atoms with Crippen molar-refractivity contribution in [1.29, 1.82) is 0 Å². The van der Waals surface area contributed by atoms with Crippen LogP contribution in [0.4, 0.5) is 0 Å². The molecule has 0 amide bonds. The Bertz CT molecular complexity index is 513. The predicted octanol–water partition coefficient (Wildman–Crippen LogP) is 1.52. The third kappa shape index (κ3) is 2.84. The highest BCUT2D eigenvalue weighted by Gasteiger charge is 2.33. The molecule has 0 spiro atoms. The molecule has 0 radical (unpaired) electrons. The molecule has 0 aliphatic carbocycles. The van der Waals surface area contributed by atoms with Crippen LogP contribution in [0.3, 0.4) is 0 Å². The fourth-order valence-corrected chi connectivity index (χ4v) is 4.26. The third-order valence-corrected chi connectivity index (χ3v) is 5.15. The van der Waals surface area contributed by atoms with Gasteiger partial charge < -0.3 is 10.5 Å². The summed E-state index contributed by atoms with van der Waals surface area (Å²) < 4.78 is 28.5. The molecule has 0 bridgehead atoms. The number of benzene rings is 1. The van der Waals surface area contributed by atoms with Gasteiger partial charge in [0.2, 0.25) is 0 Å². The van der Waals surface area contributed by atoms with E-state index in [1.807, 2.05) is 31.2 Å². The number of hydrogen-bond acceptors (Lipinski definition) is 4. The Morgan fingerprint density at radius 1 is 1.44 bits per heavy atom. The molecule has 1 fully saturated rings. The Morgan fingerprint density at radius 2 is 2.17 bits per heavy atom. The second-order valence-corrected chi connectivity index (χ2v) is 6.89. The number of nitrogens with two attached hydrogens (primary N) is 1. The van der Waals surface area contributed by atoms with Crippen molar-refractivity contribution in [3.05, 3.63) is 29.8 Å². The Kier molecular flexibility index (Phi) is 3.92. The Balaban J connectivity index is 2.21. The standard InChI is InChI=1S/C13H19NO3S/c1-2-17-12-6-4-3-5-11(12)13(14)10-7-8-18(15,16)9-10/h3-6,10,13H,2,7-9,14H2,1H3. The van der Waals surface area contributed by atoms with Gasteiger partial charge in [-0.2, -0.15) is 0 Å². The predicted molar refractivity (Wildman–Crippen MR) is 71.3 cm³/mol. The summed E-state index contributed by atoms with van der Waals surface area (Å²) in [7, 11) is -2.89. The molecule has 2 N–H and O–H groups in total. The van der Waals surface area contributed by atoms with Crippen molar-refractivity contribution >= 4 is 9.84 Å². The molecule has 5 heteroatoms. The van der Waals surface area contributed by atoms with E-state index in [4.69, 9.17) is 10.5 Å². The number of ether oxygens (including phenoxy) is 1. The minimum atomic E-state index is -2.89. The van der Waals surface area contributed by atoms with Crippen molar-refractivity contribution in [2.24, 2.45) is 11.7 Å². The summed E-state index contributed by atoms with van der Waals surface area (Å²) in [5, 5.41) is 0. The van der Waals surface area contributed by atoms with E-state index in [0.29, 0.717) is 13.0 Å². The van der Waals surface area contributed by atoms with E-state index in [0.717, 1.165) is 11.3 Å². The average molecular weight is 269 g/mol. The van der Waals surface area contributed by atoms with Crippen LogP contribution in [0, 0.1) is 5.92 Å². The van der Waals surface area contributed by atoms with Gasteiger partial charge in [0.1, 0.15) is 5.75 Å². The summed E-state index contributed by atoms with van der Waals surface area (Å²) in [5.41, 5.74) is 7.11. The van der Waals surface area contributed by atoms with Gasteiger partial charge >= 0.3 is 0 Å². The van der Waals surface area contributed by atoms with Gasteiger partial charge in [-0.15, -0.1) is 0 Å². The van der Waals surface area contributed by atoms with Crippen LogP contribution >= 0.6 is 0 Å². The lowest BCUT2D eigenvalue weighted by Gasteiger charge is -2.21. The van der Waals surface area contributed by atoms with E-state index in [9.17, 15) is 8.42 Å². The maximum absolute atomic E-state index is 11.5. The molecule has 0 aromatic heterocycles.